The van der Waals surface area contributed by atoms with Crippen LogP contribution in [0.15, 0.2) is 47.4 Å². The second-order valence-corrected chi connectivity index (χ2v) is 12.4. The molecule has 7 nitrogen and oxygen atoms in total. The van der Waals surface area contributed by atoms with Crippen LogP contribution in [-0.4, -0.2) is 59.3 Å². The quantitative estimate of drug-likeness (QED) is 0.371. The minimum absolute atomic E-state index is 0.284. The maximum absolute atomic E-state index is 12.6. The minimum Gasteiger partial charge on any atom is -0.327 e. The Labute approximate surface area is 205 Å². The summed E-state index contributed by atoms with van der Waals surface area (Å²) in [5, 5.41) is 1.23. The maximum Gasteiger partial charge on any atom is 0.242 e. The van der Waals surface area contributed by atoms with Crippen molar-refractivity contribution in [2.24, 2.45) is 0 Å². The Bertz CT molecular complexity index is 1390. The van der Waals surface area contributed by atoms with Crippen LogP contribution in [0.25, 0.3) is 21.3 Å². The predicted molar refractivity (Wildman–Crippen MR) is 138 cm³/mol. The van der Waals surface area contributed by atoms with E-state index in [9.17, 15) is 8.42 Å². The smallest absolute Gasteiger partial charge is 0.242 e. The molecule has 3 heterocycles. The third kappa shape index (κ3) is 4.37. The number of imidazole rings is 1. The van der Waals surface area contributed by atoms with Gasteiger partial charge in [-0.05, 0) is 56.1 Å². The molecule has 0 bridgehead atoms. The van der Waals surface area contributed by atoms with E-state index in [1.54, 1.807) is 26.2 Å². The zero-order valence-corrected chi connectivity index (χ0v) is 21.6. The molecule has 0 N–H and O–H groups in total. The molecule has 1 aliphatic rings. The van der Waals surface area contributed by atoms with E-state index in [1.165, 1.54) is 14.0 Å². The van der Waals surface area contributed by atoms with Crippen molar-refractivity contribution in [2.75, 3.05) is 27.2 Å². The minimum atomic E-state index is -3.49. The van der Waals surface area contributed by atoms with Gasteiger partial charge in [0.25, 0.3) is 0 Å². The van der Waals surface area contributed by atoms with Gasteiger partial charge in [-0.2, -0.15) is 0 Å². The fraction of sp³-hybridized carbons (Fsp3) is 0.440. The van der Waals surface area contributed by atoms with Crippen molar-refractivity contribution in [3.05, 3.63) is 53.3 Å². The van der Waals surface area contributed by atoms with E-state index < -0.39 is 10.0 Å². The van der Waals surface area contributed by atoms with E-state index in [0.29, 0.717) is 5.92 Å². The molecule has 1 saturated heterocycles. The van der Waals surface area contributed by atoms with Gasteiger partial charge in [-0.15, -0.1) is 11.3 Å². The molecular formula is C25H31N5O2S2. The van der Waals surface area contributed by atoms with Gasteiger partial charge in [-0.1, -0.05) is 19.1 Å². The van der Waals surface area contributed by atoms with Crippen molar-refractivity contribution in [1.29, 1.82) is 0 Å². The third-order valence-electron chi connectivity index (χ3n) is 6.55. The van der Waals surface area contributed by atoms with Gasteiger partial charge in [0.1, 0.15) is 5.82 Å². The first-order valence-corrected chi connectivity index (χ1v) is 14.1. The molecule has 0 unspecified atom stereocenters. The van der Waals surface area contributed by atoms with Crippen molar-refractivity contribution in [2.45, 2.75) is 50.1 Å². The molecule has 34 heavy (non-hydrogen) atoms. The number of nitrogens with zero attached hydrogens (tertiary/aromatic N) is 5. The second kappa shape index (κ2) is 9.37. The number of piperidine rings is 1. The Morgan fingerprint density at radius 1 is 1.12 bits per heavy atom. The van der Waals surface area contributed by atoms with E-state index in [4.69, 9.17) is 9.97 Å². The summed E-state index contributed by atoms with van der Waals surface area (Å²) in [5.74, 6) is 1.44. The lowest BCUT2D eigenvalue weighted by atomic mass is 9.99. The molecule has 0 spiro atoms. The number of rotatable bonds is 7. The Hall–Kier alpha value is -2.33. The fourth-order valence-corrected chi connectivity index (χ4v) is 6.81. The molecule has 4 aromatic rings. The Balaban J connectivity index is 1.42. The van der Waals surface area contributed by atoms with Gasteiger partial charge < -0.3 is 4.57 Å². The number of hydrogen-bond donors (Lipinski definition) is 0. The van der Waals surface area contributed by atoms with E-state index in [-0.39, 0.29) is 4.90 Å². The van der Waals surface area contributed by atoms with Crippen LogP contribution in [0.2, 0.25) is 0 Å². The molecule has 9 heteroatoms. The average molecular weight is 498 g/mol. The van der Waals surface area contributed by atoms with E-state index in [0.717, 1.165) is 67.8 Å². The Morgan fingerprint density at radius 3 is 2.71 bits per heavy atom. The fourth-order valence-electron chi connectivity index (χ4n) is 4.79. The Kier molecular flexibility index (Phi) is 6.45. The van der Waals surface area contributed by atoms with Crippen LogP contribution < -0.4 is 0 Å². The summed E-state index contributed by atoms with van der Waals surface area (Å²) in [5.41, 5.74) is 2.83. The van der Waals surface area contributed by atoms with Gasteiger partial charge in [0.2, 0.25) is 10.0 Å². The Morgan fingerprint density at radius 2 is 1.94 bits per heavy atom. The number of likely N-dealkylation sites (tertiary alicyclic amines) is 1. The summed E-state index contributed by atoms with van der Waals surface area (Å²) in [7, 11) is -0.384. The van der Waals surface area contributed by atoms with E-state index in [1.807, 2.05) is 23.5 Å². The predicted octanol–water partition coefficient (Wildman–Crippen LogP) is 4.69. The van der Waals surface area contributed by atoms with Crippen LogP contribution in [0.1, 0.15) is 42.9 Å². The summed E-state index contributed by atoms with van der Waals surface area (Å²) in [6.45, 7) is 5.78. The summed E-state index contributed by atoms with van der Waals surface area (Å²) in [6.07, 6.45) is 3.29. The SMILES string of the molecule is CCCn1c(CN2CCC[C@H](c3nc4ccccc4s3)C2)nc2cc(S(=O)(=O)N(C)C)ccc21. The molecule has 0 aliphatic carbocycles. The highest BCUT2D eigenvalue weighted by atomic mass is 32.2. The molecule has 1 aliphatic heterocycles. The largest absolute Gasteiger partial charge is 0.327 e. The monoisotopic (exact) mass is 497 g/mol. The highest BCUT2D eigenvalue weighted by Crippen LogP contribution is 2.33. The van der Waals surface area contributed by atoms with Crippen molar-refractivity contribution < 1.29 is 8.42 Å². The lowest BCUT2D eigenvalue weighted by Gasteiger charge is -2.31. The number of para-hydroxylation sites is 1. The van der Waals surface area contributed by atoms with Crippen molar-refractivity contribution >= 4 is 42.6 Å². The topological polar surface area (TPSA) is 71.3 Å². The normalized spacial score (nSPS) is 17.8. The highest BCUT2D eigenvalue weighted by Gasteiger charge is 2.26. The van der Waals surface area contributed by atoms with Gasteiger partial charge in [-0.3, -0.25) is 4.90 Å². The van der Waals surface area contributed by atoms with Crippen molar-refractivity contribution in [3.8, 4) is 0 Å². The number of sulfonamides is 1. The van der Waals surface area contributed by atoms with Crippen LogP contribution in [0.3, 0.4) is 0 Å². The van der Waals surface area contributed by atoms with Crippen LogP contribution in [0.4, 0.5) is 0 Å². The molecular weight excluding hydrogens is 466 g/mol. The maximum atomic E-state index is 12.6. The summed E-state index contributed by atoms with van der Waals surface area (Å²) in [4.78, 5) is 12.6. The number of benzene rings is 2. The lowest BCUT2D eigenvalue weighted by molar-refractivity contribution is 0.193. The van der Waals surface area contributed by atoms with Crippen molar-refractivity contribution in [3.63, 3.8) is 0 Å². The molecule has 180 valence electrons. The molecule has 1 fully saturated rings. The van der Waals surface area contributed by atoms with Crippen molar-refractivity contribution in [1.82, 2.24) is 23.7 Å². The van der Waals surface area contributed by atoms with Gasteiger partial charge >= 0.3 is 0 Å². The molecule has 0 amide bonds. The number of hydrogen-bond acceptors (Lipinski definition) is 6. The van der Waals surface area contributed by atoms with Crippen LogP contribution >= 0.6 is 11.3 Å². The zero-order valence-electron chi connectivity index (χ0n) is 19.9. The molecule has 5 rings (SSSR count). The molecule has 1 atom stereocenters. The second-order valence-electron chi connectivity index (χ2n) is 9.21. The number of aromatic nitrogens is 3. The van der Waals surface area contributed by atoms with Gasteiger partial charge in [0, 0.05) is 33.1 Å². The van der Waals surface area contributed by atoms with E-state index in [2.05, 4.69) is 34.6 Å². The van der Waals surface area contributed by atoms with E-state index >= 15 is 0 Å². The van der Waals surface area contributed by atoms with Crippen LogP contribution in [0, 0.1) is 0 Å². The van der Waals surface area contributed by atoms with Gasteiger partial charge in [-0.25, -0.2) is 22.7 Å². The number of fused-ring (bicyclic) bond motifs is 2. The average Bonchev–Trinajstić information content (AvgIpc) is 3.41. The zero-order chi connectivity index (χ0) is 23.9. The third-order valence-corrected chi connectivity index (χ3v) is 9.56. The molecule has 2 aromatic carbocycles. The summed E-state index contributed by atoms with van der Waals surface area (Å²) < 4.78 is 30.0. The van der Waals surface area contributed by atoms with Crippen LogP contribution in [0.5, 0.6) is 0 Å². The highest BCUT2D eigenvalue weighted by molar-refractivity contribution is 7.89. The molecule has 2 aromatic heterocycles. The first kappa shape index (κ1) is 23.4. The standard InChI is InChI=1S/C25H31N5O2S2/c1-4-13-30-22-12-11-19(34(31,32)28(2)3)15-21(22)26-24(30)17-29-14-7-8-18(16-29)25-27-20-9-5-6-10-23(20)33-25/h5-6,9-12,15,18H,4,7-8,13-14,16-17H2,1-3H3/t18-/m0/s1. The van der Waals surface area contributed by atoms with Crippen LogP contribution in [-0.2, 0) is 23.1 Å². The summed E-state index contributed by atoms with van der Waals surface area (Å²) >= 11 is 1.81. The van der Waals surface area contributed by atoms with Gasteiger partial charge in [0.15, 0.2) is 0 Å². The first-order chi connectivity index (χ1) is 16.4. The first-order valence-electron chi connectivity index (χ1n) is 11.9. The molecule has 0 saturated carbocycles. The molecule has 0 radical (unpaired) electrons. The number of aryl methyl sites for hydroxylation is 1. The lowest BCUT2D eigenvalue weighted by Crippen LogP contribution is -2.34. The summed E-state index contributed by atoms with van der Waals surface area (Å²) in [6, 6.07) is 13.7. The van der Waals surface area contributed by atoms with Gasteiger partial charge in [0.05, 0.1) is 37.7 Å². The number of thiazole rings is 1.